The molecular formula is C23H34N4O3. The van der Waals surface area contributed by atoms with Crippen LogP contribution < -0.4 is 4.74 Å². The number of aliphatic hydroxyl groups is 1. The number of H-pyrrole nitrogens is 1. The van der Waals surface area contributed by atoms with Crippen molar-refractivity contribution in [1.29, 1.82) is 0 Å². The lowest BCUT2D eigenvalue weighted by Gasteiger charge is -2.28. The fourth-order valence-corrected chi connectivity index (χ4v) is 4.36. The molecule has 2 N–H and O–H groups in total. The molecule has 2 heterocycles. The highest BCUT2D eigenvalue weighted by atomic mass is 16.5. The van der Waals surface area contributed by atoms with Crippen LogP contribution in [0.4, 0.5) is 0 Å². The Morgan fingerprint density at radius 3 is 2.93 bits per heavy atom. The molecule has 0 bridgehead atoms. The van der Waals surface area contributed by atoms with E-state index in [1.54, 1.807) is 0 Å². The van der Waals surface area contributed by atoms with E-state index in [9.17, 15) is 5.11 Å². The fourth-order valence-electron chi connectivity index (χ4n) is 4.36. The number of nitrogens with zero attached hydrogens (tertiary/aromatic N) is 3. The summed E-state index contributed by atoms with van der Waals surface area (Å²) in [6, 6.07) is 8.16. The largest absolute Gasteiger partial charge is 0.491 e. The summed E-state index contributed by atoms with van der Waals surface area (Å²) in [4.78, 5) is 4.51. The van der Waals surface area contributed by atoms with E-state index in [-0.39, 0.29) is 0 Å². The molecule has 30 heavy (non-hydrogen) atoms. The molecule has 7 nitrogen and oxygen atoms in total. The Kier molecular flexibility index (Phi) is 7.38. The van der Waals surface area contributed by atoms with Crippen LogP contribution in [-0.2, 0) is 30.7 Å². The Hall–Kier alpha value is -1.93. The summed E-state index contributed by atoms with van der Waals surface area (Å²) in [5.74, 6) is 0.805. The first-order valence-corrected chi connectivity index (χ1v) is 11.1. The highest BCUT2D eigenvalue weighted by Crippen LogP contribution is 2.23. The van der Waals surface area contributed by atoms with Gasteiger partial charge in [0.15, 0.2) is 0 Å². The van der Waals surface area contributed by atoms with Crippen LogP contribution in [0.1, 0.15) is 35.4 Å². The van der Waals surface area contributed by atoms with Gasteiger partial charge in [0.25, 0.3) is 0 Å². The minimum Gasteiger partial charge on any atom is -0.491 e. The predicted molar refractivity (Wildman–Crippen MR) is 116 cm³/mol. The van der Waals surface area contributed by atoms with Gasteiger partial charge in [-0.2, -0.15) is 5.10 Å². The minimum atomic E-state index is -0.500. The molecule has 0 spiro atoms. The van der Waals surface area contributed by atoms with Crippen LogP contribution in [0.15, 0.2) is 24.3 Å². The quantitative estimate of drug-likeness (QED) is 0.654. The van der Waals surface area contributed by atoms with Gasteiger partial charge in [0, 0.05) is 38.4 Å². The van der Waals surface area contributed by atoms with Crippen molar-refractivity contribution < 1.29 is 14.6 Å². The van der Waals surface area contributed by atoms with Crippen molar-refractivity contribution in [2.45, 2.75) is 44.9 Å². The van der Waals surface area contributed by atoms with Gasteiger partial charge in [0.2, 0.25) is 0 Å². The van der Waals surface area contributed by atoms with Gasteiger partial charge >= 0.3 is 0 Å². The molecule has 2 aliphatic rings. The second-order valence-electron chi connectivity index (χ2n) is 8.53. The van der Waals surface area contributed by atoms with Crippen LogP contribution in [0, 0.1) is 0 Å². The number of morpholine rings is 1. The van der Waals surface area contributed by atoms with E-state index in [4.69, 9.17) is 9.47 Å². The number of ether oxygens (including phenoxy) is 2. The van der Waals surface area contributed by atoms with Gasteiger partial charge in [-0.3, -0.25) is 14.9 Å². The molecule has 164 valence electrons. The number of rotatable bonds is 9. The Morgan fingerprint density at radius 1 is 1.23 bits per heavy atom. The van der Waals surface area contributed by atoms with Crippen LogP contribution in [0.5, 0.6) is 5.75 Å². The molecule has 2 aromatic rings. The SMILES string of the molecule is CN(Cc1cccc(OC[C@H](O)CN2CCOCC2)c1)Cc1n[nH]c2c1CCCC2. The van der Waals surface area contributed by atoms with Crippen LogP contribution in [0.25, 0.3) is 0 Å². The number of nitrogens with one attached hydrogen (secondary N) is 1. The highest BCUT2D eigenvalue weighted by Gasteiger charge is 2.18. The normalized spacial score (nSPS) is 18.4. The molecule has 1 saturated heterocycles. The first-order valence-electron chi connectivity index (χ1n) is 11.1. The third kappa shape index (κ3) is 5.82. The van der Waals surface area contributed by atoms with Gasteiger partial charge in [0.1, 0.15) is 18.5 Å². The molecule has 4 rings (SSSR count). The topological polar surface area (TPSA) is 73.8 Å². The smallest absolute Gasteiger partial charge is 0.119 e. The standard InChI is InChI=1S/C23H34N4O3/c1-26(16-23-21-7-2-3-8-22(21)24-25-23)14-18-5-4-6-20(13-18)30-17-19(28)15-27-9-11-29-12-10-27/h4-6,13,19,28H,2-3,7-12,14-17H2,1H3,(H,24,25)/t19-/m1/s1. The lowest BCUT2D eigenvalue weighted by Crippen LogP contribution is -2.42. The van der Waals surface area contributed by atoms with Gasteiger partial charge in [-0.05, 0) is 56.0 Å². The van der Waals surface area contributed by atoms with Crippen molar-refractivity contribution in [3.05, 3.63) is 46.8 Å². The van der Waals surface area contributed by atoms with Crippen molar-refractivity contribution >= 4 is 0 Å². The number of aryl methyl sites for hydroxylation is 1. The summed E-state index contributed by atoms with van der Waals surface area (Å²) < 4.78 is 11.2. The molecule has 1 aliphatic heterocycles. The van der Waals surface area contributed by atoms with Gasteiger partial charge in [-0.1, -0.05) is 12.1 Å². The Labute approximate surface area is 179 Å². The number of β-amino-alcohol motifs (C(OH)–C–C–N with tert-alkyl or cyclic N) is 1. The van der Waals surface area contributed by atoms with Gasteiger partial charge < -0.3 is 14.6 Å². The lowest BCUT2D eigenvalue weighted by atomic mass is 9.96. The Bertz CT molecular complexity index is 803. The fraction of sp³-hybridized carbons (Fsp3) is 0.609. The third-order valence-corrected chi connectivity index (χ3v) is 5.93. The number of benzene rings is 1. The predicted octanol–water partition coefficient (Wildman–Crippen LogP) is 1.99. The maximum Gasteiger partial charge on any atom is 0.119 e. The summed E-state index contributed by atoms with van der Waals surface area (Å²) in [6.07, 6.45) is 4.30. The molecule has 1 aromatic heterocycles. The molecule has 0 saturated carbocycles. The van der Waals surface area contributed by atoms with Crippen molar-refractivity contribution in [2.24, 2.45) is 0 Å². The van der Waals surface area contributed by atoms with E-state index < -0.39 is 6.10 Å². The summed E-state index contributed by atoms with van der Waals surface area (Å²) in [5, 5.41) is 18.1. The molecule has 7 heteroatoms. The monoisotopic (exact) mass is 414 g/mol. The zero-order valence-electron chi connectivity index (χ0n) is 18.0. The number of aliphatic hydroxyl groups excluding tert-OH is 1. The van der Waals surface area contributed by atoms with Crippen LogP contribution in [0.2, 0.25) is 0 Å². The van der Waals surface area contributed by atoms with Crippen molar-refractivity contribution in [3.63, 3.8) is 0 Å². The van der Waals surface area contributed by atoms with E-state index in [1.165, 1.54) is 35.4 Å². The van der Waals surface area contributed by atoms with Crippen LogP contribution in [0.3, 0.4) is 0 Å². The molecule has 0 amide bonds. The van der Waals surface area contributed by atoms with Crippen LogP contribution in [-0.4, -0.2) is 77.7 Å². The molecule has 1 fully saturated rings. The van der Waals surface area contributed by atoms with E-state index >= 15 is 0 Å². The first kappa shape index (κ1) is 21.3. The van der Waals surface area contributed by atoms with Crippen molar-refractivity contribution in [2.75, 3.05) is 46.5 Å². The zero-order valence-corrected chi connectivity index (χ0v) is 18.0. The maximum absolute atomic E-state index is 10.3. The lowest BCUT2D eigenvalue weighted by molar-refractivity contribution is 0.00464. The van der Waals surface area contributed by atoms with Crippen molar-refractivity contribution in [1.82, 2.24) is 20.0 Å². The van der Waals surface area contributed by atoms with E-state index in [0.29, 0.717) is 13.2 Å². The molecular weight excluding hydrogens is 380 g/mol. The zero-order chi connectivity index (χ0) is 20.8. The second-order valence-corrected chi connectivity index (χ2v) is 8.53. The van der Waals surface area contributed by atoms with Gasteiger partial charge in [0.05, 0.1) is 18.9 Å². The molecule has 1 aliphatic carbocycles. The third-order valence-electron chi connectivity index (χ3n) is 5.93. The summed E-state index contributed by atoms with van der Waals surface area (Å²) >= 11 is 0. The Morgan fingerprint density at radius 2 is 2.07 bits per heavy atom. The molecule has 1 atom stereocenters. The van der Waals surface area contributed by atoms with Crippen LogP contribution >= 0.6 is 0 Å². The molecule has 1 aromatic carbocycles. The molecule has 0 radical (unpaired) electrons. The van der Waals surface area contributed by atoms with Gasteiger partial charge in [-0.25, -0.2) is 0 Å². The average molecular weight is 415 g/mol. The van der Waals surface area contributed by atoms with E-state index in [0.717, 1.165) is 58.0 Å². The minimum absolute atomic E-state index is 0.302. The highest BCUT2D eigenvalue weighted by molar-refractivity contribution is 5.29. The molecule has 0 unspecified atom stereocenters. The maximum atomic E-state index is 10.3. The summed E-state index contributed by atoms with van der Waals surface area (Å²) in [7, 11) is 2.13. The van der Waals surface area contributed by atoms with Crippen molar-refractivity contribution in [3.8, 4) is 5.75 Å². The summed E-state index contributed by atoms with van der Waals surface area (Å²) in [5.41, 5.74) is 5.14. The van der Waals surface area contributed by atoms with E-state index in [1.807, 2.05) is 12.1 Å². The van der Waals surface area contributed by atoms with Gasteiger partial charge in [-0.15, -0.1) is 0 Å². The number of fused-ring (bicyclic) bond motifs is 1. The first-order chi connectivity index (χ1) is 14.7. The number of aromatic nitrogens is 2. The average Bonchev–Trinajstić information content (AvgIpc) is 3.16. The van der Waals surface area contributed by atoms with E-state index in [2.05, 4.69) is 39.2 Å². The number of aromatic amines is 1. The number of hydrogen-bond donors (Lipinski definition) is 2. The number of hydrogen-bond acceptors (Lipinski definition) is 6. The Balaban J connectivity index is 1.26. The summed E-state index contributed by atoms with van der Waals surface area (Å²) in [6.45, 7) is 5.82. The second kappa shape index (κ2) is 10.4.